The van der Waals surface area contributed by atoms with Crippen molar-refractivity contribution in [1.29, 1.82) is 0 Å². The predicted molar refractivity (Wildman–Crippen MR) is 102 cm³/mol. The van der Waals surface area contributed by atoms with Crippen LogP contribution in [0.3, 0.4) is 0 Å². The lowest BCUT2D eigenvalue weighted by Crippen LogP contribution is -1.92. The summed E-state index contributed by atoms with van der Waals surface area (Å²) in [6.07, 6.45) is 0. The van der Waals surface area contributed by atoms with Gasteiger partial charge >= 0.3 is 0 Å². The SMILES string of the molecule is Cc1ccc(-c2ccccc2-c2ccccc2)c(C)c1C.S. The van der Waals surface area contributed by atoms with Gasteiger partial charge in [-0.25, -0.2) is 0 Å². The summed E-state index contributed by atoms with van der Waals surface area (Å²) in [6, 6.07) is 23.7. The van der Waals surface area contributed by atoms with Crippen molar-refractivity contribution in [2.24, 2.45) is 0 Å². The molecule has 0 atom stereocenters. The molecule has 112 valence electrons. The zero-order valence-corrected chi connectivity index (χ0v) is 14.4. The molecular formula is C21H22S. The second-order valence-electron chi connectivity index (χ2n) is 5.59. The van der Waals surface area contributed by atoms with E-state index in [1.165, 1.54) is 38.9 Å². The standard InChI is InChI=1S/C21H20.H2S/c1-15-13-14-19(17(3)16(15)2)21-12-8-7-11-20(21)18-9-5-4-6-10-18;/h4-14H,1-3H3;1H2. The number of hydrogen-bond acceptors (Lipinski definition) is 0. The molecule has 0 spiro atoms. The second-order valence-corrected chi connectivity index (χ2v) is 5.59. The minimum absolute atomic E-state index is 0. The molecule has 0 unspecified atom stereocenters. The van der Waals surface area contributed by atoms with Crippen LogP contribution < -0.4 is 0 Å². The topological polar surface area (TPSA) is 0 Å². The molecule has 0 bridgehead atoms. The molecule has 0 nitrogen and oxygen atoms in total. The third-order valence-electron chi connectivity index (χ3n) is 4.36. The van der Waals surface area contributed by atoms with E-state index >= 15 is 0 Å². The van der Waals surface area contributed by atoms with Crippen LogP contribution in [-0.2, 0) is 0 Å². The number of rotatable bonds is 2. The van der Waals surface area contributed by atoms with Gasteiger partial charge < -0.3 is 0 Å². The molecule has 3 aromatic rings. The van der Waals surface area contributed by atoms with Crippen LogP contribution in [0.1, 0.15) is 16.7 Å². The fourth-order valence-electron chi connectivity index (χ4n) is 2.84. The van der Waals surface area contributed by atoms with Crippen molar-refractivity contribution in [3.8, 4) is 22.3 Å². The van der Waals surface area contributed by atoms with E-state index in [1.54, 1.807) is 0 Å². The molecule has 0 fully saturated rings. The van der Waals surface area contributed by atoms with Crippen molar-refractivity contribution in [2.75, 3.05) is 0 Å². The summed E-state index contributed by atoms with van der Waals surface area (Å²) in [7, 11) is 0. The molecule has 1 heteroatoms. The first-order valence-electron chi connectivity index (χ1n) is 7.40. The lowest BCUT2D eigenvalue weighted by molar-refractivity contribution is 1.27. The van der Waals surface area contributed by atoms with Gasteiger partial charge in [-0.05, 0) is 59.7 Å². The van der Waals surface area contributed by atoms with Crippen LogP contribution in [0.4, 0.5) is 0 Å². The van der Waals surface area contributed by atoms with Gasteiger partial charge in [0.25, 0.3) is 0 Å². The van der Waals surface area contributed by atoms with E-state index in [1.807, 2.05) is 0 Å². The van der Waals surface area contributed by atoms with E-state index in [-0.39, 0.29) is 13.5 Å². The van der Waals surface area contributed by atoms with E-state index < -0.39 is 0 Å². The highest BCUT2D eigenvalue weighted by Gasteiger charge is 2.10. The van der Waals surface area contributed by atoms with Crippen molar-refractivity contribution in [3.63, 3.8) is 0 Å². The summed E-state index contributed by atoms with van der Waals surface area (Å²) in [5.41, 5.74) is 9.32. The van der Waals surface area contributed by atoms with Gasteiger partial charge in [0.1, 0.15) is 0 Å². The fraction of sp³-hybridized carbons (Fsp3) is 0.143. The van der Waals surface area contributed by atoms with Gasteiger partial charge in [0.05, 0.1) is 0 Å². The molecule has 0 aliphatic carbocycles. The quantitative estimate of drug-likeness (QED) is 0.540. The van der Waals surface area contributed by atoms with Gasteiger partial charge in [-0.3, -0.25) is 0 Å². The maximum atomic E-state index is 2.25. The molecule has 0 radical (unpaired) electrons. The molecule has 0 heterocycles. The first-order valence-corrected chi connectivity index (χ1v) is 7.40. The Labute approximate surface area is 140 Å². The van der Waals surface area contributed by atoms with Crippen LogP contribution >= 0.6 is 13.5 Å². The van der Waals surface area contributed by atoms with Crippen molar-refractivity contribution < 1.29 is 0 Å². The fourth-order valence-corrected chi connectivity index (χ4v) is 2.84. The third-order valence-corrected chi connectivity index (χ3v) is 4.36. The van der Waals surface area contributed by atoms with Crippen LogP contribution in [0.2, 0.25) is 0 Å². The lowest BCUT2D eigenvalue weighted by atomic mass is 9.89. The van der Waals surface area contributed by atoms with Crippen LogP contribution in [0.25, 0.3) is 22.3 Å². The molecule has 0 N–H and O–H groups in total. The van der Waals surface area contributed by atoms with Crippen molar-refractivity contribution in [1.82, 2.24) is 0 Å². The van der Waals surface area contributed by atoms with Gasteiger partial charge in [-0.2, -0.15) is 13.5 Å². The minimum Gasteiger partial charge on any atom is -0.197 e. The van der Waals surface area contributed by atoms with Gasteiger partial charge in [0, 0.05) is 0 Å². The number of aryl methyl sites for hydroxylation is 1. The summed E-state index contributed by atoms with van der Waals surface area (Å²) in [5.74, 6) is 0. The Hall–Kier alpha value is -1.99. The Bertz CT molecular complexity index is 773. The highest BCUT2D eigenvalue weighted by molar-refractivity contribution is 7.59. The zero-order chi connectivity index (χ0) is 14.8. The predicted octanol–water partition coefficient (Wildman–Crippen LogP) is 6.06. The molecule has 22 heavy (non-hydrogen) atoms. The Morgan fingerprint density at radius 1 is 0.500 bits per heavy atom. The molecule has 0 saturated carbocycles. The van der Waals surface area contributed by atoms with Crippen molar-refractivity contribution in [3.05, 3.63) is 83.4 Å². The van der Waals surface area contributed by atoms with E-state index in [0.29, 0.717) is 0 Å². The normalized spacial score (nSPS) is 10.1. The van der Waals surface area contributed by atoms with Crippen LogP contribution in [0, 0.1) is 20.8 Å². The summed E-state index contributed by atoms with van der Waals surface area (Å²) < 4.78 is 0. The molecule has 0 aliphatic heterocycles. The Morgan fingerprint density at radius 3 is 1.77 bits per heavy atom. The van der Waals surface area contributed by atoms with E-state index in [4.69, 9.17) is 0 Å². The largest absolute Gasteiger partial charge is 0.197 e. The molecule has 0 amide bonds. The average molecular weight is 306 g/mol. The van der Waals surface area contributed by atoms with E-state index in [9.17, 15) is 0 Å². The first-order chi connectivity index (χ1) is 10.2. The summed E-state index contributed by atoms with van der Waals surface area (Å²) in [5, 5.41) is 0. The minimum atomic E-state index is 0. The summed E-state index contributed by atoms with van der Waals surface area (Å²) in [6.45, 7) is 6.61. The smallest absolute Gasteiger partial charge is 0.0103 e. The van der Waals surface area contributed by atoms with Crippen molar-refractivity contribution in [2.45, 2.75) is 20.8 Å². The van der Waals surface area contributed by atoms with Gasteiger partial charge in [-0.1, -0.05) is 66.7 Å². The average Bonchev–Trinajstić information content (AvgIpc) is 2.54. The van der Waals surface area contributed by atoms with Gasteiger partial charge in [-0.15, -0.1) is 0 Å². The van der Waals surface area contributed by atoms with Crippen LogP contribution in [0.5, 0.6) is 0 Å². The molecule has 0 aromatic heterocycles. The first kappa shape index (κ1) is 16.4. The maximum Gasteiger partial charge on any atom is -0.0103 e. The molecule has 0 aliphatic rings. The third kappa shape index (κ3) is 2.95. The molecule has 3 aromatic carbocycles. The Morgan fingerprint density at radius 2 is 1.09 bits per heavy atom. The highest BCUT2D eigenvalue weighted by Crippen LogP contribution is 2.35. The van der Waals surface area contributed by atoms with E-state index in [0.717, 1.165) is 0 Å². The summed E-state index contributed by atoms with van der Waals surface area (Å²) in [4.78, 5) is 0. The lowest BCUT2D eigenvalue weighted by Gasteiger charge is -2.15. The second kappa shape index (κ2) is 6.85. The number of hydrogen-bond donors (Lipinski definition) is 0. The van der Waals surface area contributed by atoms with Crippen LogP contribution in [0.15, 0.2) is 66.7 Å². The molecule has 3 rings (SSSR count). The number of benzene rings is 3. The Kier molecular flexibility index (Phi) is 5.10. The zero-order valence-electron chi connectivity index (χ0n) is 13.4. The highest BCUT2D eigenvalue weighted by atomic mass is 32.1. The monoisotopic (exact) mass is 306 g/mol. The molecular weight excluding hydrogens is 284 g/mol. The van der Waals surface area contributed by atoms with Crippen LogP contribution in [-0.4, -0.2) is 0 Å². The van der Waals surface area contributed by atoms with E-state index in [2.05, 4.69) is 87.5 Å². The van der Waals surface area contributed by atoms with Gasteiger partial charge in [0.15, 0.2) is 0 Å². The van der Waals surface area contributed by atoms with Crippen molar-refractivity contribution >= 4 is 13.5 Å². The van der Waals surface area contributed by atoms with Gasteiger partial charge in [0.2, 0.25) is 0 Å². The summed E-state index contributed by atoms with van der Waals surface area (Å²) >= 11 is 0. The molecule has 0 saturated heterocycles. The maximum absolute atomic E-state index is 2.25. The Balaban J connectivity index is 0.00000176.